The number of carbonyl (C=O) groups excluding carboxylic acids is 2. The van der Waals surface area contributed by atoms with Gasteiger partial charge >= 0.3 is 5.97 Å². The van der Waals surface area contributed by atoms with Gasteiger partial charge in [-0.05, 0) is 24.6 Å². The molecule has 2 aromatic rings. The van der Waals surface area contributed by atoms with Gasteiger partial charge in [0.25, 0.3) is 5.91 Å². The fraction of sp³-hybridized carbons (Fsp3) is 0.143. The molecule has 5 nitrogen and oxygen atoms in total. The van der Waals surface area contributed by atoms with E-state index < -0.39 is 5.97 Å². The molecule has 0 saturated carbocycles. The number of rotatable bonds is 5. The lowest BCUT2D eigenvalue weighted by atomic mass is 10.0. The van der Waals surface area contributed by atoms with Crippen LogP contribution in [0.3, 0.4) is 0 Å². The van der Waals surface area contributed by atoms with Crippen molar-refractivity contribution in [3.05, 3.63) is 82.6 Å². The second-order valence-corrected chi connectivity index (χ2v) is 5.82. The second kappa shape index (κ2) is 7.70. The predicted molar refractivity (Wildman–Crippen MR) is 98.1 cm³/mol. The van der Waals surface area contributed by atoms with Crippen LogP contribution in [-0.4, -0.2) is 19.0 Å². The van der Waals surface area contributed by atoms with Gasteiger partial charge in [-0.25, -0.2) is 4.79 Å². The quantitative estimate of drug-likeness (QED) is 0.665. The molecule has 1 amide bonds. The average molecular weight is 349 g/mol. The van der Waals surface area contributed by atoms with Gasteiger partial charge in [-0.15, -0.1) is 0 Å². The first-order chi connectivity index (χ1) is 12.6. The van der Waals surface area contributed by atoms with Crippen LogP contribution in [0.5, 0.6) is 5.75 Å². The molecule has 0 aliphatic carbocycles. The minimum Gasteiger partial charge on any atom is -0.488 e. The molecule has 0 radical (unpaired) electrons. The van der Waals surface area contributed by atoms with Crippen molar-refractivity contribution in [1.82, 2.24) is 5.32 Å². The van der Waals surface area contributed by atoms with Gasteiger partial charge in [0.15, 0.2) is 0 Å². The van der Waals surface area contributed by atoms with Gasteiger partial charge in [-0.2, -0.15) is 0 Å². The Morgan fingerprint density at radius 2 is 1.77 bits per heavy atom. The van der Waals surface area contributed by atoms with Gasteiger partial charge in [0, 0.05) is 11.3 Å². The van der Waals surface area contributed by atoms with Crippen molar-refractivity contribution in [2.24, 2.45) is 0 Å². The summed E-state index contributed by atoms with van der Waals surface area (Å²) in [5.41, 5.74) is 2.75. The Bertz CT molecular complexity index is 897. The van der Waals surface area contributed by atoms with Gasteiger partial charge in [0.05, 0.1) is 18.3 Å². The molecular formula is C21H19NO4. The summed E-state index contributed by atoms with van der Waals surface area (Å²) in [4.78, 5) is 24.3. The minimum atomic E-state index is -0.546. The molecule has 3 rings (SSSR count). The highest BCUT2D eigenvalue weighted by molar-refractivity contribution is 6.16. The summed E-state index contributed by atoms with van der Waals surface area (Å²) in [6.07, 6.45) is 1.65. The molecule has 1 heterocycles. The first-order valence-corrected chi connectivity index (χ1v) is 8.18. The summed E-state index contributed by atoms with van der Waals surface area (Å²) in [6.45, 7) is 2.08. The van der Waals surface area contributed by atoms with Crippen molar-refractivity contribution >= 4 is 18.0 Å². The first kappa shape index (κ1) is 17.5. The SMILES string of the molecule is COC(=O)C1=C(C)NC(=O)/C1=C/c1ccccc1OCc1ccccc1. The fourth-order valence-electron chi connectivity index (χ4n) is 2.74. The highest BCUT2D eigenvalue weighted by atomic mass is 16.5. The number of benzene rings is 2. The van der Waals surface area contributed by atoms with Gasteiger partial charge in [-0.3, -0.25) is 4.79 Å². The van der Waals surface area contributed by atoms with Crippen LogP contribution in [0.1, 0.15) is 18.1 Å². The minimum absolute atomic E-state index is 0.246. The number of methoxy groups -OCH3 is 1. The number of esters is 1. The normalized spacial score (nSPS) is 15.2. The van der Waals surface area contributed by atoms with Gasteiger partial charge < -0.3 is 14.8 Å². The maximum atomic E-state index is 12.2. The molecule has 0 aromatic heterocycles. The molecule has 26 heavy (non-hydrogen) atoms. The van der Waals surface area contributed by atoms with E-state index in [0.29, 0.717) is 23.6 Å². The second-order valence-electron chi connectivity index (χ2n) is 5.82. The van der Waals surface area contributed by atoms with Crippen LogP contribution in [0.4, 0.5) is 0 Å². The summed E-state index contributed by atoms with van der Waals surface area (Å²) in [6, 6.07) is 17.2. The van der Waals surface area contributed by atoms with Crippen molar-refractivity contribution in [1.29, 1.82) is 0 Å². The molecule has 0 fully saturated rings. The van der Waals surface area contributed by atoms with E-state index in [2.05, 4.69) is 5.32 Å². The zero-order valence-electron chi connectivity index (χ0n) is 14.6. The Labute approximate surface area is 151 Å². The largest absolute Gasteiger partial charge is 0.488 e. The lowest BCUT2D eigenvalue weighted by Gasteiger charge is -2.10. The van der Waals surface area contributed by atoms with E-state index in [-0.39, 0.29) is 17.1 Å². The summed E-state index contributed by atoms with van der Waals surface area (Å²) < 4.78 is 10.7. The molecular weight excluding hydrogens is 330 g/mol. The molecule has 0 bridgehead atoms. The Hall–Kier alpha value is -3.34. The molecule has 0 spiro atoms. The lowest BCUT2D eigenvalue weighted by Crippen LogP contribution is -2.15. The average Bonchev–Trinajstić information content (AvgIpc) is 2.94. The zero-order chi connectivity index (χ0) is 18.5. The maximum Gasteiger partial charge on any atom is 0.340 e. The van der Waals surface area contributed by atoms with Crippen molar-refractivity contribution in [3.63, 3.8) is 0 Å². The van der Waals surface area contributed by atoms with Crippen LogP contribution >= 0.6 is 0 Å². The monoisotopic (exact) mass is 349 g/mol. The summed E-state index contributed by atoms with van der Waals surface area (Å²) in [5, 5.41) is 2.66. The number of hydrogen-bond donors (Lipinski definition) is 1. The number of carbonyl (C=O) groups is 2. The van der Waals surface area contributed by atoms with Crippen molar-refractivity contribution in [2.45, 2.75) is 13.5 Å². The van der Waals surface area contributed by atoms with Crippen LogP contribution in [0.2, 0.25) is 0 Å². The van der Waals surface area contributed by atoms with Crippen LogP contribution < -0.4 is 10.1 Å². The van der Waals surface area contributed by atoms with E-state index >= 15 is 0 Å². The van der Waals surface area contributed by atoms with Crippen molar-refractivity contribution < 1.29 is 19.1 Å². The number of para-hydroxylation sites is 1. The lowest BCUT2D eigenvalue weighted by molar-refractivity contribution is -0.136. The van der Waals surface area contributed by atoms with Gasteiger partial charge in [0.2, 0.25) is 0 Å². The summed E-state index contributed by atoms with van der Waals surface area (Å²) in [5.74, 6) is -0.249. The van der Waals surface area contributed by atoms with Gasteiger partial charge in [-0.1, -0.05) is 48.5 Å². The number of amides is 1. The number of hydrogen-bond acceptors (Lipinski definition) is 4. The van der Waals surface area contributed by atoms with Crippen molar-refractivity contribution in [3.8, 4) is 5.75 Å². The highest BCUT2D eigenvalue weighted by Crippen LogP contribution is 2.28. The molecule has 1 aliphatic rings. The van der Waals surface area contributed by atoms with E-state index in [1.165, 1.54) is 7.11 Å². The summed E-state index contributed by atoms with van der Waals surface area (Å²) >= 11 is 0. The summed E-state index contributed by atoms with van der Waals surface area (Å²) in [7, 11) is 1.29. The van der Waals surface area contributed by atoms with Crippen LogP contribution in [0, 0.1) is 0 Å². The van der Waals surface area contributed by atoms with E-state index in [1.54, 1.807) is 13.0 Å². The molecule has 2 aromatic carbocycles. The van der Waals surface area contributed by atoms with Crippen LogP contribution in [0.25, 0.3) is 6.08 Å². The molecule has 0 saturated heterocycles. The zero-order valence-corrected chi connectivity index (χ0v) is 14.6. The standard InChI is InChI=1S/C21H19NO4/c1-14-19(21(24)25-2)17(20(23)22-14)12-16-10-6-7-11-18(16)26-13-15-8-4-3-5-9-15/h3-12H,13H2,1-2H3,(H,22,23)/b17-12+. The number of nitrogens with one attached hydrogen (secondary N) is 1. The Morgan fingerprint density at radius 3 is 2.50 bits per heavy atom. The number of ether oxygens (including phenoxy) is 2. The van der Waals surface area contributed by atoms with E-state index in [4.69, 9.17) is 9.47 Å². The van der Waals surface area contributed by atoms with E-state index in [1.807, 2.05) is 54.6 Å². The smallest absolute Gasteiger partial charge is 0.340 e. The van der Waals surface area contributed by atoms with Crippen molar-refractivity contribution in [2.75, 3.05) is 7.11 Å². The predicted octanol–water partition coefficient (Wildman–Crippen LogP) is 3.23. The highest BCUT2D eigenvalue weighted by Gasteiger charge is 2.30. The fourth-order valence-corrected chi connectivity index (χ4v) is 2.74. The third-order valence-electron chi connectivity index (χ3n) is 4.04. The molecule has 132 valence electrons. The molecule has 0 atom stereocenters. The van der Waals surface area contributed by atoms with Gasteiger partial charge in [0.1, 0.15) is 12.4 Å². The van der Waals surface area contributed by atoms with E-state index in [0.717, 1.165) is 5.56 Å². The molecule has 5 heteroatoms. The van der Waals surface area contributed by atoms with E-state index in [9.17, 15) is 9.59 Å². The molecule has 0 unspecified atom stereocenters. The Morgan fingerprint density at radius 1 is 1.08 bits per heavy atom. The number of allylic oxidation sites excluding steroid dienone is 1. The Balaban J connectivity index is 1.91. The third kappa shape index (κ3) is 3.67. The Kier molecular flexibility index (Phi) is 5.17. The van der Waals surface area contributed by atoms with Crippen LogP contribution in [0.15, 0.2) is 71.4 Å². The van der Waals surface area contributed by atoms with Crippen LogP contribution in [-0.2, 0) is 20.9 Å². The first-order valence-electron chi connectivity index (χ1n) is 8.18. The maximum absolute atomic E-state index is 12.2. The molecule has 1 N–H and O–H groups in total. The molecule has 1 aliphatic heterocycles. The topological polar surface area (TPSA) is 64.6 Å². The third-order valence-corrected chi connectivity index (χ3v) is 4.04.